The van der Waals surface area contributed by atoms with Crippen LogP contribution in [0.1, 0.15) is 32.8 Å². The van der Waals surface area contributed by atoms with Crippen molar-refractivity contribution in [3.8, 4) is 0 Å². The summed E-state index contributed by atoms with van der Waals surface area (Å²) in [4.78, 5) is 25.6. The van der Waals surface area contributed by atoms with Gasteiger partial charge in [0.25, 0.3) is 0 Å². The van der Waals surface area contributed by atoms with Gasteiger partial charge in [-0.15, -0.1) is 0 Å². The predicted molar refractivity (Wildman–Crippen MR) is 78.2 cm³/mol. The summed E-state index contributed by atoms with van der Waals surface area (Å²) in [6, 6.07) is 6.65. The molecular weight excluding hydrogens is 254 g/mol. The van der Waals surface area contributed by atoms with E-state index in [0.29, 0.717) is 18.7 Å². The molecule has 1 aromatic carbocycles. The van der Waals surface area contributed by atoms with Gasteiger partial charge in [0, 0.05) is 19.0 Å². The van der Waals surface area contributed by atoms with Gasteiger partial charge in [0.05, 0.1) is 5.69 Å². The first kappa shape index (κ1) is 14.5. The Kier molecular flexibility index (Phi) is 3.81. The Labute approximate surface area is 119 Å². The molecule has 1 heterocycles. The molecule has 3 N–H and O–H groups in total. The van der Waals surface area contributed by atoms with Crippen LogP contribution < -0.4 is 16.0 Å². The van der Waals surface area contributed by atoms with Crippen molar-refractivity contribution < 1.29 is 9.59 Å². The molecule has 1 fully saturated rings. The molecule has 3 amide bonds. The minimum atomic E-state index is -0.360. The lowest BCUT2D eigenvalue weighted by molar-refractivity contribution is -0.119. The van der Waals surface area contributed by atoms with Crippen LogP contribution in [0.25, 0.3) is 0 Å². The number of anilines is 1. The fourth-order valence-corrected chi connectivity index (χ4v) is 2.21. The summed E-state index contributed by atoms with van der Waals surface area (Å²) in [5.41, 5.74) is 6.95. The van der Waals surface area contributed by atoms with Crippen molar-refractivity contribution in [2.45, 2.75) is 39.8 Å². The Hall–Kier alpha value is -1.88. The molecule has 1 saturated heterocycles. The summed E-state index contributed by atoms with van der Waals surface area (Å²) in [5.74, 6) is -0.172. The molecule has 1 aromatic rings. The first-order valence-electron chi connectivity index (χ1n) is 6.75. The smallest absolute Gasteiger partial charge is 0.328 e. The summed E-state index contributed by atoms with van der Waals surface area (Å²) in [5, 5.41) is 2.91. The Morgan fingerprint density at radius 1 is 1.25 bits per heavy atom. The summed E-state index contributed by atoms with van der Waals surface area (Å²) >= 11 is 0. The molecule has 0 spiro atoms. The lowest BCUT2D eigenvalue weighted by Crippen LogP contribution is -2.58. The van der Waals surface area contributed by atoms with E-state index in [4.69, 9.17) is 5.73 Å². The van der Waals surface area contributed by atoms with Gasteiger partial charge in [0.15, 0.2) is 0 Å². The van der Waals surface area contributed by atoms with E-state index in [1.54, 1.807) is 12.1 Å². The SMILES string of the molecule is CC(C)(C)C1CC(=O)N(c2ccc(CN)cc2)C(=O)N1. The number of hydrogen-bond acceptors (Lipinski definition) is 3. The van der Waals surface area contributed by atoms with Gasteiger partial charge in [-0.25, -0.2) is 9.69 Å². The number of imide groups is 1. The van der Waals surface area contributed by atoms with E-state index >= 15 is 0 Å². The van der Waals surface area contributed by atoms with Crippen LogP contribution in [-0.4, -0.2) is 18.0 Å². The lowest BCUT2D eigenvalue weighted by Gasteiger charge is -2.38. The number of carbonyl (C=O) groups is 2. The highest BCUT2D eigenvalue weighted by atomic mass is 16.2. The van der Waals surface area contributed by atoms with Crippen LogP contribution >= 0.6 is 0 Å². The highest BCUT2D eigenvalue weighted by Crippen LogP contribution is 2.27. The molecule has 0 aromatic heterocycles. The van der Waals surface area contributed by atoms with Gasteiger partial charge < -0.3 is 11.1 Å². The second-order valence-corrected chi connectivity index (χ2v) is 6.17. The second-order valence-electron chi connectivity index (χ2n) is 6.17. The molecule has 1 aliphatic heterocycles. The molecule has 5 heteroatoms. The Bertz CT molecular complexity index is 499. The van der Waals surface area contributed by atoms with Gasteiger partial charge in [-0.05, 0) is 23.1 Å². The number of amides is 3. The van der Waals surface area contributed by atoms with Crippen molar-refractivity contribution in [2.24, 2.45) is 11.1 Å². The average molecular weight is 275 g/mol. The quantitative estimate of drug-likeness (QED) is 0.867. The first-order valence-corrected chi connectivity index (χ1v) is 6.75. The number of nitrogens with one attached hydrogen (secondary N) is 1. The predicted octanol–water partition coefficient (Wildman–Crippen LogP) is 2.01. The van der Waals surface area contributed by atoms with Crippen LogP contribution in [0, 0.1) is 5.41 Å². The zero-order valence-electron chi connectivity index (χ0n) is 12.1. The maximum atomic E-state index is 12.3. The van der Waals surface area contributed by atoms with E-state index in [0.717, 1.165) is 5.56 Å². The third kappa shape index (κ3) is 2.82. The van der Waals surface area contributed by atoms with Crippen molar-refractivity contribution in [3.63, 3.8) is 0 Å². The third-order valence-corrected chi connectivity index (χ3v) is 3.60. The number of urea groups is 1. The molecule has 0 aliphatic carbocycles. The Morgan fingerprint density at radius 2 is 1.85 bits per heavy atom. The monoisotopic (exact) mass is 275 g/mol. The molecule has 0 radical (unpaired) electrons. The number of rotatable bonds is 2. The van der Waals surface area contributed by atoms with E-state index in [-0.39, 0.29) is 23.4 Å². The second kappa shape index (κ2) is 5.25. The molecule has 1 unspecified atom stereocenters. The highest BCUT2D eigenvalue weighted by Gasteiger charge is 2.38. The van der Waals surface area contributed by atoms with Crippen LogP contribution in [0.5, 0.6) is 0 Å². The Morgan fingerprint density at radius 3 is 2.30 bits per heavy atom. The molecule has 1 aliphatic rings. The van der Waals surface area contributed by atoms with E-state index in [1.165, 1.54) is 4.90 Å². The molecule has 0 saturated carbocycles. The van der Waals surface area contributed by atoms with Crippen molar-refractivity contribution in [1.82, 2.24) is 5.32 Å². The van der Waals surface area contributed by atoms with Crippen molar-refractivity contribution in [2.75, 3.05) is 4.90 Å². The molecule has 2 rings (SSSR count). The fourth-order valence-electron chi connectivity index (χ4n) is 2.21. The average Bonchev–Trinajstić information content (AvgIpc) is 2.37. The molecule has 1 atom stereocenters. The minimum Gasteiger partial charge on any atom is -0.334 e. The zero-order valence-corrected chi connectivity index (χ0v) is 12.1. The molecular formula is C15H21N3O2. The van der Waals surface area contributed by atoms with E-state index in [1.807, 2.05) is 32.9 Å². The normalized spacial score (nSPS) is 20.0. The summed E-state index contributed by atoms with van der Waals surface area (Å²) in [7, 11) is 0. The molecule has 0 bridgehead atoms. The Balaban J connectivity index is 2.21. The van der Waals surface area contributed by atoms with E-state index in [2.05, 4.69) is 5.32 Å². The van der Waals surface area contributed by atoms with Gasteiger partial charge in [0.1, 0.15) is 0 Å². The zero-order chi connectivity index (χ0) is 14.9. The van der Waals surface area contributed by atoms with Gasteiger partial charge in [-0.1, -0.05) is 32.9 Å². The summed E-state index contributed by atoms with van der Waals surface area (Å²) < 4.78 is 0. The summed E-state index contributed by atoms with van der Waals surface area (Å²) in [6.07, 6.45) is 0.313. The van der Waals surface area contributed by atoms with Crippen LogP contribution in [0.15, 0.2) is 24.3 Å². The molecule has 5 nitrogen and oxygen atoms in total. The van der Waals surface area contributed by atoms with Crippen molar-refractivity contribution >= 4 is 17.6 Å². The minimum absolute atomic E-state index is 0.137. The lowest BCUT2D eigenvalue weighted by atomic mass is 9.83. The van der Waals surface area contributed by atoms with Crippen LogP contribution in [0.4, 0.5) is 10.5 Å². The van der Waals surface area contributed by atoms with Gasteiger partial charge in [-0.2, -0.15) is 0 Å². The topological polar surface area (TPSA) is 75.4 Å². The number of carbonyl (C=O) groups excluding carboxylic acids is 2. The third-order valence-electron chi connectivity index (χ3n) is 3.60. The number of benzene rings is 1. The molecule has 108 valence electrons. The van der Waals surface area contributed by atoms with Gasteiger partial charge >= 0.3 is 6.03 Å². The maximum Gasteiger partial charge on any atom is 0.328 e. The van der Waals surface area contributed by atoms with Crippen molar-refractivity contribution in [3.05, 3.63) is 29.8 Å². The fraction of sp³-hybridized carbons (Fsp3) is 0.467. The van der Waals surface area contributed by atoms with E-state index < -0.39 is 0 Å². The van der Waals surface area contributed by atoms with Crippen LogP contribution in [0.3, 0.4) is 0 Å². The standard InChI is InChI=1S/C15H21N3O2/c1-15(2,3)12-8-13(19)18(14(20)17-12)11-6-4-10(9-16)5-7-11/h4-7,12H,8-9,16H2,1-3H3,(H,17,20). The number of hydrogen-bond donors (Lipinski definition) is 2. The van der Waals surface area contributed by atoms with Crippen LogP contribution in [-0.2, 0) is 11.3 Å². The maximum absolute atomic E-state index is 12.3. The first-order chi connectivity index (χ1) is 9.32. The van der Waals surface area contributed by atoms with E-state index in [9.17, 15) is 9.59 Å². The largest absolute Gasteiger partial charge is 0.334 e. The highest BCUT2D eigenvalue weighted by molar-refractivity contribution is 6.16. The number of nitrogens with two attached hydrogens (primary N) is 1. The molecule has 20 heavy (non-hydrogen) atoms. The van der Waals surface area contributed by atoms with Gasteiger partial charge in [0.2, 0.25) is 5.91 Å². The van der Waals surface area contributed by atoms with Gasteiger partial charge in [-0.3, -0.25) is 4.79 Å². The van der Waals surface area contributed by atoms with Crippen molar-refractivity contribution in [1.29, 1.82) is 0 Å². The van der Waals surface area contributed by atoms with Crippen LogP contribution in [0.2, 0.25) is 0 Å². The summed E-state index contributed by atoms with van der Waals surface area (Å²) in [6.45, 7) is 6.47. The number of nitrogens with zero attached hydrogens (tertiary/aromatic N) is 1.